The van der Waals surface area contributed by atoms with Crippen LogP contribution < -0.4 is 10.9 Å². The van der Waals surface area contributed by atoms with Crippen molar-refractivity contribution >= 4 is 11.7 Å². The van der Waals surface area contributed by atoms with E-state index in [9.17, 15) is 14.0 Å². The first-order valence-electron chi connectivity index (χ1n) is 7.74. The van der Waals surface area contributed by atoms with Gasteiger partial charge in [0, 0.05) is 24.0 Å². The quantitative estimate of drug-likeness (QED) is 0.745. The highest BCUT2D eigenvalue weighted by Crippen LogP contribution is 2.40. The molecule has 0 saturated heterocycles. The molecule has 25 heavy (non-hydrogen) atoms. The van der Waals surface area contributed by atoms with Crippen LogP contribution in [0.5, 0.6) is 0 Å². The van der Waals surface area contributed by atoms with Gasteiger partial charge in [0.05, 0.1) is 5.69 Å². The normalized spacial score (nSPS) is 16.4. The van der Waals surface area contributed by atoms with Crippen LogP contribution in [0.15, 0.2) is 41.2 Å². The molecule has 2 aromatic heterocycles. The third-order valence-electron chi connectivity index (χ3n) is 4.26. The van der Waals surface area contributed by atoms with Gasteiger partial charge in [-0.25, -0.2) is 9.49 Å². The second-order valence-corrected chi connectivity index (χ2v) is 5.87. The SMILES string of the molecule is Cc1nn(-c2ccc(=O)[nH]n2)c2c1C(c1ccccc1F)CC(=O)N2. The van der Waals surface area contributed by atoms with Gasteiger partial charge in [0.15, 0.2) is 5.82 Å². The molecule has 7 nitrogen and oxygen atoms in total. The van der Waals surface area contributed by atoms with Crippen molar-refractivity contribution in [3.05, 3.63) is 69.4 Å². The van der Waals surface area contributed by atoms with E-state index in [-0.39, 0.29) is 23.7 Å². The van der Waals surface area contributed by atoms with E-state index in [1.165, 1.54) is 22.9 Å². The van der Waals surface area contributed by atoms with Crippen molar-refractivity contribution in [1.82, 2.24) is 20.0 Å². The molecule has 1 amide bonds. The maximum Gasteiger partial charge on any atom is 0.264 e. The first-order chi connectivity index (χ1) is 12.0. The Morgan fingerprint density at radius 2 is 2.00 bits per heavy atom. The van der Waals surface area contributed by atoms with Crippen LogP contribution in [-0.2, 0) is 4.79 Å². The summed E-state index contributed by atoms with van der Waals surface area (Å²) < 4.78 is 15.7. The van der Waals surface area contributed by atoms with Gasteiger partial charge in [-0.15, -0.1) is 0 Å². The Morgan fingerprint density at radius 1 is 1.20 bits per heavy atom. The van der Waals surface area contributed by atoms with Gasteiger partial charge in [-0.2, -0.15) is 14.9 Å². The molecule has 0 saturated carbocycles. The van der Waals surface area contributed by atoms with Crippen LogP contribution in [0.1, 0.15) is 29.2 Å². The molecule has 0 fully saturated rings. The molecule has 0 bridgehead atoms. The number of H-pyrrole nitrogens is 1. The van der Waals surface area contributed by atoms with Gasteiger partial charge in [-0.05, 0) is 24.6 Å². The third-order valence-corrected chi connectivity index (χ3v) is 4.26. The Bertz CT molecular complexity index is 1020. The minimum absolute atomic E-state index is 0.138. The van der Waals surface area contributed by atoms with Gasteiger partial charge in [0.25, 0.3) is 5.56 Å². The lowest BCUT2D eigenvalue weighted by Gasteiger charge is -2.24. The molecule has 1 unspecified atom stereocenters. The van der Waals surface area contributed by atoms with Crippen LogP contribution in [0.25, 0.3) is 5.82 Å². The van der Waals surface area contributed by atoms with Crippen molar-refractivity contribution in [2.75, 3.05) is 5.32 Å². The molecule has 2 N–H and O–H groups in total. The zero-order valence-electron chi connectivity index (χ0n) is 13.3. The number of hydrogen-bond donors (Lipinski definition) is 2. The number of nitrogens with one attached hydrogen (secondary N) is 2. The van der Waals surface area contributed by atoms with Crippen molar-refractivity contribution in [3.8, 4) is 5.82 Å². The van der Waals surface area contributed by atoms with E-state index in [0.29, 0.717) is 22.9 Å². The average molecular weight is 339 g/mol. The Morgan fingerprint density at radius 3 is 2.72 bits per heavy atom. The van der Waals surface area contributed by atoms with Gasteiger partial charge in [0.1, 0.15) is 11.6 Å². The standard InChI is InChI=1S/C17H14FN5O2/c1-9-16-11(10-4-2-3-5-12(10)18)8-15(25)19-17(16)23(22-9)13-6-7-14(24)21-20-13/h2-7,11H,8H2,1H3,(H,19,25)(H,21,24). The summed E-state index contributed by atoms with van der Waals surface area (Å²) in [5.74, 6) is -0.213. The van der Waals surface area contributed by atoms with E-state index >= 15 is 0 Å². The highest BCUT2D eigenvalue weighted by atomic mass is 19.1. The molecule has 8 heteroatoms. The van der Waals surface area contributed by atoms with E-state index < -0.39 is 5.92 Å². The molecule has 4 rings (SSSR count). The summed E-state index contributed by atoms with van der Waals surface area (Å²) in [5.41, 5.74) is 1.53. The first-order valence-corrected chi connectivity index (χ1v) is 7.74. The number of hydrogen-bond acceptors (Lipinski definition) is 4. The van der Waals surface area contributed by atoms with Crippen molar-refractivity contribution in [1.29, 1.82) is 0 Å². The largest absolute Gasteiger partial charge is 0.310 e. The number of aryl methyl sites for hydroxylation is 1. The summed E-state index contributed by atoms with van der Waals surface area (Å²) in [7, 11) is 0. The number of fused-ring (bicyclic) bond motifs is 1. The predicted octanol–water partition coefficient (Wildman–Crippen LogP) is 1.88. The summed E-state index contributed by atoms with van der Waals surface area (Å²) in [6, 6.07) is 9.24. The Kier molecular flexibility index (Phi) is 3.45. The molecule has 1 aromatic carbocycles. The summed E-state index contributed by atoms with van der Waals surface area (Å²) in [6.45, 7) is 1.80. The van der Waals surface area contributed by atoms with Gasteiger partial charge in [0.2, 0.25) is 5.91 Å². The lowest BCUT2D eigenvalue weighted by atomic mass is 9.85. The molecule has 0 spiro atoms. The maximum atomic E-state index is 14.3. The molecule has 1 atom stereocenters. The lowest BCUT2D eigenvalue weighted by Crippen LogP contribution is -2.25. The minimum Gasteiger partial charge on any atom is -0.310 e. The molecule has 1 aliphatic heterocycles. The fourth-order valence-electron chi connectivity index (χ4n) is 3.19. The van der Waals surface area contributed by atoms with Crippen molar-refractivity contribution in [2.24, 2.45) is 0 Å². The predicted molar refractivity (Wildman–Crippen MR) is 88.2 cm³/mol. The summed E-state index contributed by atoms with van der Waals surface area (Å²) >= 11 is 0. The molecule has 3 aromatic rings. The van der Waals surface area contributed by atoms with Crippen LogP contribution in [0.4, 0.5) is 10.2 Å². The summed E-state index contributed by atoms with van der Waals surface area (Å²) in [4.78, 5) is 23.4. The zero-order valence-corrected chi connectivity index (χ0v) is 13.3. The van der Waals surface area contributed by atoms with E-state index in [4.69, 9.17) is 0 Å². The van der Waals surface area contributed by atoms with Crippen LogP contribution in [0, 0.1) is 12.7 Å². The molecule has 0 radical (unpaired) electrons. The Labute approximate surface area is 141 Å². The minimum atomic E-state index is -0.429. The monoisotopic (exact) mass is 339 g/mol. The number of aromatic amines is 1. The van der Waals surface area contributed by atoms with Crippen LogP contribution >= 0.6 is 0 Å². The number of anilines is 1. The van der Waals surface area contributed by atoms with Gasteiger partial charge < -0.3 is 5.32 Å². The average Bonchev–Trinajstić information content (AvgIpc) is 2.92. The number of halogens is 1. The molecular weight excluding hydrogens is 325 g/mol. The fraction of sp³-hybridized carbons (Fsp3) is 0.176. The van der Waals surface area contributed by atoms with Crippen LogP contribution in [-0.4, -0.2) is 25.9 Å². The first kappa shape index (κ1) is 15.3. The molecule has 126 valence electrons. The van der Waals surface area contributed by atoms with Crippen molar-refractivity contribution < 1.29 is 9.18 Å². The van der Waals surface area contributed by atoms with E-state index in [1.807, 2.05) is 0 Å². The lowest BCUT2D eigenvalue weighted by molar-refractivity contribution is -0.116. The van der Waals surface area contributed by atoms with E-state index in [1.54, 1.807) is 25.1 Å². The fourth-order valence-corrected chi connectivity index (χ4v) is 3.19. The Hall–Kier alpha value is -3.29. The number of amides is 1. The number of rotatable bonds is 2. The highest BCUT2D eigenvalue weighted by molar-refractivity contribution is 5.95. The third kappa shape index (κ3) is 2.51. The van der Waals surface area contributed by atoms with Gasteiger partial charge in [-0.3, -0.25) is 9.59 Å². The topological polar surface area (TPSA) is 92.7 Å². The molecule has 1 aliphatic rings. The molecular formula is C17H14FN5O2. The highest BCUT2D eigenvalue weighted by Gasteiger charge is 2.34. The van der Waals surface area contributed by atoms with Crippen LogP contribution in [0.2, 0.25) is 0 Å². The zero-order chi connectivity index (χ0) is 17.6. The summed E-state index contributed by atoms with van der Waals surface area (Å²) in [6.07, 6.45) is 0.138. The second kappa shape index (κ2) is 5.66. The number of carbonyl (C=O) groups excluding carboxylic acids is 1. The number of aromatic nitrogens is 4. The second-order valence-electron chi connectivity index (χ2n) is 5.87. The van der Waals surface area contributed by atoms with Crippen LogP contribution in [0.3, 0.4) is 0 Å². The molecule has 0 aliphatic carbocycles. The van der Waals surface area contributed by atoms with E-state index in [0.717, 1.165) is 5.56 Å². The Balaban J connectivity index is 1.91. The van der Waals surface area contributed by atoms with E-state index in [2.05, 4.69) is 20.6 Å². The van der Waals surface area contributed by atoms with Crippen molar-refractivity contribution in [2.45, 2.75) is 19.3 Å². The number of benzene rings is 1. The maximum absolute atomic E-state index is 14.3. The van der Waals surface area contributed by atoms with Gasteiger partial charge in [-0.1, -0.05) is 18.2 Å². The summed E-state index contributed by atoms with van der Waals surface area (Å²) in [5, 5.41) is 13.5. The molecule has 3 heterocycles. The number of nitrogens with zero attached hydrogens (tertiary/aromatic N) is 3. The number of carbonyl (C=O) groups is 1. The smallest absolute Gasteiger partial charge is 0.264 e. The van der Waals surface area contributed by atoms with Gasteiger partial charge >= 0.3 is 0 Å². The van der Waals surface area contributed by atoms with Crippen molar-refractivity contribution in [3.63, 3.8) is 0 Å².